The van der Waals surface area contributed by atoms with Crippen LogP contribution in [0.4, 0.5) is 5.69 Å². The zero-order valence-electron chi connectivity index (χ0n) is 6.53. The van der Waals surface area contributed by atoms with Crippen molar-refractivity contribution in [2.75, 3.05) is 5.73 Å². The average molecular weight is 196 g/mol. The molecule has 0 bridgehead atoms. The molecule has 0 radical (unpaired) electrons. The number of halogens is 1. The molecular formula is C7H6ClN5. The quantitative estimate of drug-likeness (QED) is 0.668. The van der Waals surface area contributed by atoms with Crippen LogP contribution in [0.2, 0.25) is 5.02 Å². The van der Waals surface area contributed by atoms with Crippen molar-refractivity contribution in [2.45, 2.75) is 0 Å². The molecule has 5 nitrogen and oxygen atoms in total. The van der Waals surface area contributed by atoms with E-state index in [4.69, 9.17) is 17.3 Å². The van der Waals surface area contributed by atoms with E-state index >= 15 is 0 Å². The summed E-state index contributed by atoms with van der Waals surface area (Å²) in [5, 5.41) is 13.7. The summed E-state index contributed by atoms with van der Waals surface area (Å²) in [6.45, 7) is 0. The highest BCUT2D eigenvalue weighted by molar-refractivity contribution is 6.33. The summed E-state index contributed by atoms with van der Waals surface area (Å²) in [7, 11) is 0. The lowest BCUT2D eigenvalue weighted by Crippen LogP contribution is -1.92. The van der Waals surface area contributed by atoms with Gasteiger partial charge < -0.3 is 5.73 Å². The van der Waals surface area contributed by atoms with E-state index in [1.807, 2.05) is 0 Å². The molecule has 66 valence electrons. The molecule has 2 rings (SSSR count). The molecule has 1 heterocycles. The van der Waals surface area contributed by atoms with Gasteiger partial charge >= 0.3 is 0 Å². The van der Waals surface area contributed by atoms with Gasteiger partial charge in [0.05, 0.1) is 10.7 Å². The van der Waals surface area contributed by atoms with E-state index in [-0.39, 0.29) is 0 Å². The maximum Gasteiger partial charge on any atom is 0.181 e. The largest absolute Gasteiger partial charge is 0.397 e. The number of para-hydroxylation sites is 1. The molecule has 1 aromatic carbocycles. The zero-order valence-corrected chi connectivity index (χ0v) is 7.28. The first kappa shape index (κ1) is 8.00. The van der Waals surface area contributed by atoms with E-state index in [9.17, 15) is 0 Å². The summed E-state index contributed by atoms with van der Waals surface area (Å²) >= 11 is 5.82. The molecule has 3 N–H and O–H groups in total. The van der Waals surface area contributed by atoms with Crippen molar-refractivity contribution in [3.63, 3.8) is 0 Å². The Hall–Kier alpha value is -1.62. The molecule has 0 spiro atoms. The first-order valence-electron chi connectivity index (χ1n) is 3.57. The van der Waals surface area contributed by atoms with Crippen LogP contribution in [0.5, 0.6) is 0 Å². The highest BCUT2D eigenvalue weighted by Crippen LogP contribution is 2.28. The standard InChI is InChI=1S/C7H6ClN5/c8-5-3-1-2-4(6(5)9)7-10-12-13-11-7/h1-3H,9H2,(H,10,11,12,13). The monoisotopic (exact) mass is 195 g/mol. The van der Waals surface area contributed by atoms with E-state index in [1.54, 1.807) is 18.2 Å². The van der Waals surface area contributed by atoms with E-state index < -0.39 is 0 Å². The Morgan fingerprint density at radius 3 is 2.92 bits per heavy atom. The van der Waals surface area contributed by atoms with Gasteiger partial charge in [-0.25, -0.2) is 5.10 Å². The number of aromatic amines is 1. The molecule has 0 aliphatic rings. The Balaban J connectivity index is 2.59. The topological polar surface area (TPSA) is 80.5 Å². The van der Waals surface area contributed by atoms with Gasteiger partial charge in [0.15, 0.2) is 5.82 Å². The number of nitrogens with two attached hydrogens (primary N) is 1. The van der Waals surface area contributed by atoms with Crippen molar-refractivity contribution < 1.29 is 0 Å². The zero-order chi connectivity index (χ0) is 9.26. The summed E-state index contributed by atoms with van der Waals surface area (Å²) in [6, 6.07) is 5.30. The van der Waals surface area contributed by atoms with E-state index in [1.165, 1.54) is 0 Å². The molecular weight excluding hydrogens is 190 g/mol. The number of hydrogen-bond donors (Lipinski definition) is 2. The number of aromatic nitrogens is 4. The SMILES string of the molecule is Nc1c(Cl)cccc1-c1nnn[nH]1. The lowest BCUT2D eigenvalue weighted by Gasteiger charge is -2.01. The second kappa shape index (κ2) is 3.02. The first-order valence-corrected chi connectivity index (χ1v) is 3.95. The summed E-state index contributed by atoms with van der Waals surface area (Å²) in [4.78, 5) is 0. The molecule has 0 saturated heterocycles. The number of nitrogens with one attached hydrogen (secondary N) is 1. The molecule has 0 amide bonds. The van der Waals surface area contributed by atoms with Gasteiger partial charge in [-0.15, -0.1) is 5.10 Å². The Labute approximate surface area is 78.9 Å². The Kier molecular flexibility index (Phi) is 1.86. The summed E-state index contributed by atoms with van der Waals surface area (Å²) in [5.74, 6) is 0.514. The van der Waals surface area contributed by atoms with Crippen LogP contribution in [0, 0.1) is 0 Å². The van der Waals surface area contributed by atoms with Crippen LogP contribution in [0.15, 0.2) is 18.2 Å². The number of tetrazole rings is 1. The minimum Gasteiger partial charge on any atom is -0.397 e. The molecule has 0 atom stereocenters. The van der Waals surface area contributed by atoms with Crippen molar-refractivity contribution in [3.05, 3.63) is 23.2 Å². The third-order valence-corrected chi connectivity index (χ3v) is 1.98. The number of H-pyrrole nitrogens is 1. The first-order chi connectivity index (χ1) is 6.29. The molecule has 0 aliphatic carbocycles. The van der Waals surface area contributed by atoms with Crippen molar-refractivity contribution in [1.29, 1.82) is 0 Å². The van der Waals surface area contributed by atoms with Crippen LogP contribution in [-0.4, -0.2) is 20.6 Å². The number of hydrogen-bond acceptors (Lipinski definition) is 4. The van der Waals surface area contributed by atoms with Crippen molar-refractivity contribution in [2.24, 2.45) is 0 Å². The highest BCUT2D eigenvalue weighted by Gasteiger charge is 2.07. The molecule has 13 heavy (non-hydrogen) atoms. The highest BCUT2D eigenvalue weighted by atomic mass is 35.5. The van der Waals surface area contributed by atoms with E-state index in [0.717, 1.165) is 0 Å². The third-order valence-electron chi connectivity index (χ3n) is 1.65. The minimum atomic E-state index is 0.475. The van der Waals surface area contributed by atoms with Gasteiger partial charge in [-0.05, 0) is 22.6 Å². The smallest absolute Gasteiger partial charge is 0.181 e. The van der Waals surface area contributed by atoms with Crippen LogP contribution in [0.3, 0.4) is 0 Å². The number of nitrogens with zero attached hydrogens (tertiary/aromatic N) is 3. The maximum absolute atomic E-state index is 5.82. The fourth-order valence-electron chi connectivity index (χ4n) is 1.02. The van der Waals surface area contributed by atoms with Gasteiger partial charge in [0.25, 0.3) is 0 Å². The number of nitrogen functional groups attached to an aromatic ring is 1. The molecule has 0 unspecified atom stereocenters. The number of anilines is 1. The minimum absolute atomic E-state index is 0.475. The fraction of sp³-hybridized carbons (Fsp3) is 0. The maximum atomic E-state index is 5.82. The van der Waals surface area contributed by atoms with Crippen molar-refractivity contribution in [3.8, 4) is 11.4 Å². The number of rotatable bonds is 1. The average Bonchev–Trinajstić information content (AvgIpc) is 2.62. The van der Waals surface area contributed by atoms with Crippen LogP contribution >= 0.6 is 11.6 Å². The van der Waals surface area contributed by atoms with E-state index in [2.05, 4.69) is 20.6 Å². The third kappa shape index (κ3) is 1.33. The van der Waals surface area contributed by atoms with Crippen LogP contribution in [-0.2, 0) is 0 Å². The Bertz CT molecular complexity index is 411. The van der Waals surface area contributed by atoms with Crippen molar-refractivity contribution >= 4 is 17.3 Å². The summed E-state index contributed by atoms with van der Waals surface area (Å²) in [6.07, 6.45) is 0. The normalized spacial score (nSPS) is 10.2. The van der Waals surface area contributed by atoms with Gasteiger partial charge in [0, 0.05) is 5.56 Å². The molecule has 1 aromatic heterocycles. The molecule has 0 aliphatic heterocycles. The van der Waals surface area contributed by atoms with Gasteiger partial charge in [-0.3, -0.25) is 0 Å². The van der Waals surface area contributed by atoms with Crippen LogP contribution in [0.25, 0.3) is 11.4 Å². The van der Waals surface area contributed by atoms with E-state index in [0.29, 0.717) is 22.1 Å². The molecule has 0 fully saturated rings. The summed E-state index contributed by atoms with van der Waals surface area (Å²) < 4.78 is 0. The lowest BCUT2D eigenvalue weighted by atomic mass is 10.2. The van der Waals surface area contributed by atoms with Crippen LogP contribution < -0.4 is 5.73 Å². The predicted octanol–water partition coefficient (Wildman–Crippen LogP) is 1.10. The van der Waals surface area contributed by atoms with Gasteiger partial charge in [0.2, 0.25) is 0 Å². The number of benzene rings is 1. The van der Waals surface area contributed by atoms with Gasteiger partial charge in [-0.2, -0.15) is 0 Å². The van der Waals surface area contributed by atoms with Crippen LogP contribution in [0.1, 0.15) is 0 Å². The molecule has 2 aromatic rings. The molecule has 0 saturated carbocycles. The van der Waals surface area contributed by atoms with Gasteiger partial charge in [0.1, 0.15) is 0 Å². The molecule has 6 heteroatoms. The summed E-state index contributed by atoms with van der Waals surface area (Å²) in [5.41, 5.74) is 6.91. The lowest BCUT2D eigenvalue weighted by molar-refractivity contribution is 0.881. The second-order valence-corrected chi connectivity index (χ2v) is 2.86. The second-order valence-electron chi connectivity index (χ2n) is 2.45. The van der Waals surface area contributed by atoms with Crippen molar-refractivity contribution in [1.82, 2.24) is 20.6 Å². The Morgan fingerprint density at radius 2 is 2.23 bits per heavy atom. The fourth-order valence-corrected chi connectivity index (χ4v) is 1.19. The Morgan fingerprint density at radius 1 is 1.38 bits per heavy atom. The predicted molar refractivity (Wildman–Crippen MR) is 49.0 cm³/mol. The van der Waals surface area contributed by atoms with Gasteiger partial charge in [-0.1, -0.05) is 17.7 Å².